The van der Waals surface area contributed by atoms with E-state index in [1.165, 1.54) is 11.1 Å². The molecule has 6 rings (SSSR count). The fourth-order valence-electron chi connectivity index (χ4n) is 7.91. The van der Waals surface area contributed by atoms with Crippen molar-refractivity contribution in [2.45, 2.75) is 123 Å². The third-order valence-electron chi connectivity index (χ3n) is 11.8. The summed E-state index contributed by atoms with van der Waals surface area (Å²) in [7, 11) is 1.72. The molecule has 2 amide bonds. The summed E-state index contributed by atoms with van der Waals surface area (Å²) in [6.07, 6.45) is 10.1. The van der Waals surface area contributed by atoms with Gasteiger partial charge in [0.05, 0.1) is 7.11 Å². The largest absolute Gasteiger partial charge is 0.496 e. The average Bonchev–Trinajstić information content (AvgIpc) is 3.62. The van der Waals surface area contributed by atoms with Crippen LogP contribution in [0.4, 0.5) is 10.6 Å². The molecule has 3 aromatic rings. The third kappa shape index (κ3) is 7.57. The van der Waals surface area contributed by atoms with Crippen LogP contribution in [0, 0.1) is 24.7 Å². The number of amides is 2. The van der Waals surface area contributed by atoms with E-state index >= 15 is 0 Å². The molecular formula is C41H56N4O5. The predicted molar refractivity (Wildman–Crippen MR) is 195 cm³/mol. The topological polar surface area (TPSA) is 98.0 Å². The van der Waals surface area contributed by atoms with E-state index < -0.39 is 0 Å². The van der Waals surface area contributed by atoms with Gasteiger partial charge in [-0.1, -0.05) is 39.8 Å². The molecule has 3 fully saturated rings. The van der Waals surface area contributed by atoms with Crippen LogP contribution in [0.1, 0.15) is 116 Å². The van der Waals surface area contributed by atoms with Gasteiger partial charge in [0.15, 0.2) is 5.89 Å². The Labute approximate surface area is 298 Å². The number of pyridine rings is 1. The van der Waals surface area contributed by atoms with Crippen molar-refractivity contribution in [3.8, 4) is 17.0 Å². The summed E-state index contributed by atoms with van der Waals surface area (Å²) in [6.45, 7) is 16.0. The van der Waals surface area contributed by atoms with E-state index in [1.54, 1.807) is 19.6 Å². The number of hydrogen-bond acceptors (Lipinski definition) is 7. The number of methoxy groups -OCH3 is 1. The highest BCUT2D eigenvalue weighted by molar-refractivity contribution is 5.94. The standard InChI is InChI=1S/C41H56N4O5/c1-26-21-31(15-18-35(26)48-8)29-11-9-28(10-12-29)24-44(36-22-32(19-20-42-36)34-25-49-38(43-34)40(3,4)5)37(46)30-13-16-33(17-14-30)50-39(47)45-23-27(2)41(45,6)7/h15,18-22,25,27-30,33H,9-14,16-17,23-24H2,1-8H3/t27?,28-,29-,30-,33-. The Bertz CT molecular complexity index is 1660. The number of carbonyl (C=O) groups excluding carboxylic acids is 2. The van der Waals surface area contributed by atoms with Crippen LogP contribution in [0.25, 0.3) is 11.3 Å². The van der Waals surface area contributed by atoms with Crippen molar-refractivity contribution in [3.63, 3.8) is 0 Å². The van der Waals surface area contributed by atoms with Crippen LogP contribution in [-0.2, 0) is 14.9 Å². The molecule has 1 saturated heterocycles. The average molecular weight is 685 g/mol. The summed E-state index contributed by atoms with van der Waals surface area (Å²) in [6, 6.07) is 10.5. The van der Waals surface area contributed by atoms with Crippen molar-refractivity contribution in [3.05, 3.63) is 59.8 Å². The number of aromatic nitrogens is 2. The molecule has 3 aliphatic rings. The number of nitrogens with zero attached hydrogens (tertiary/aromatic N) is 4. The fraction of sp³-hybridized carbons (Fsp3) is 0.610. The molecular weight excluding hydrogens is 628 g/mol. The summed E-state index contributed by atoms with van der Waals surface area (Å²) >= 11 is 0. The highest BCUT2D eigenvalue weighted by Gasteiger charge is 2.47. The Hall–Kier alpha value is -3.88. The van der Waals surface area contributed by atoms with E-state index in [1.807, 2.05) is 21.9 Å². The van der Waals surface area contributed by atoms with Crippen molar-refractivity contribution in [2.75, 3.05) is 25.1 Å². The Morgan fingerprint density at radius 2 is 1.74 bits per heavy atom. The molecule has 0 radical (unpaired) electrons. The molecule has 1 atom stereocenters. The van der Waals surface area contributed by atoms with Gasteiger partial charge in [-0.25, -0.2) is 14.8 Å². The first-order valence-corrected chi connectivity index (χ1v) is 18.6. The molecule has 50 heavy (non-hydrogen) atoms. The lowest BCUT2D eigenvalue weighted by atomic mass is 9.78. The fourth-order valence-corrected chi connectivity index (χ4v) is 7.91. The summed E-state index contributed by atoms with van der Waals surface area (Å²) in [5, 5.41) is 0. The number of oxazole rings is 1. The summed E-state index contributed by atoms with van der Waals surface area (Å²) in [5.74, 6) is 3.56. The Kier molecular flexibility index (Phi) is 10.3. The van der Waals surface area contributed by atoms with Gasteiger partial charge in [-0.05, 0) is 119 Å². The first-order valence-electron chi connectivity index (χ1n) is 18.6. The SMILES string of the molecule is COc1ccc([C@H]2CC[C@H](CN(c3cc(-c4coc(C(C)(C)C)n4)ccn3)C(=O)[C@H]3CC[C@H](OC(=O)N4CC(C)C4(C)C)CC3)CC2)cc1C. The van der Waals surface area contributed by atoms with E-state index in [2.05, 4.69) is 66.7 Å². The third-order valence-corrected chi connectivity index (χ3v) is 11.8. The minimum absolute atomic E-state index is 0.112. The van der Waals surface area contributed by atoms with E-state index in [9.17, 15) is 9.59 Å². The van der Waals surface area contributed by atoms with Crippen LogP contribution < -0.4 is 9.64 Å². The highest BCUT2D eigenvalue weighted by Crippen LogP contribution is 2.40. The normalized spacial score (nSPS) is 25.0. The van der Waals surface area contributed by atoms with Crippen LogP contribution in [-0.4, -0.2) is 58.7 Å². The molecule has 270 valence electrons. The van der Waals surface area contributed by atoms with Crippen LogP contribution >= 0.6 is 0 Å². The summed E-state index contributed by atoms with van der Waals surface area (Å²) in [4.78, 5) is 40.7. The van der Waals surface area contributed by atoms with Crippen molar-refractivity contribution in [1.82, 2.24) is 14.9 Å². The van der Waals surface area contributed by atoms with Crippen LogP contribution in [0.5, 0.6) is 5.75 Å². The Balaban J connectivity index is 1.16. The van der Waals surface area contributed by atoms with Crippen LogP contribution in [0.3, 0.4) is 0 Å². The number of hydrogen-bond donors (Lipinski definition) is 0. The zero-order valence-electron chi connectivity index (χ0n) is 31.3. The van der Waals surface area contributed by atoms with Crippen LogP contribution in [0.2, 0.25) is 0 Å². The van der Waals surface area contributed by atoms with Gasteiger partial charge in [0, 0.05) is 41.7 Å². The number of benzene rings is 1. The number of carbonyl (C=O) groups is 2. The molecule has 9 heteroatoms. The molecule has 0 N–H and O–H groups in total. The second-order valence-electron chi connectivity index (χ2n) is 16.6. The predicted octanol–water partition coefficient (Wildman–Crippen LogP) is 9.08. The minimum Gasteiger partial charge on any atom is -0.496 e. The van der Waals surface area contributed by atoms with Crippen LogP contribution in [0.15, 0.2) is 47.2 Å². The van der Waals surface area contributed by atoms with Gasteiger partial charge in [-0.2, -0.15) is 0 Å². The molecule has 2 saturated carbocycles. The first kappa shape index (κ1) is 35.9. The maximum atomic E-state index is 14.5. The molecule has 2 aliphatic carbocycles. The number of anilines is 1. The number of aryl methyl sites for hydroxylation is 1. The molecule has 1 aromatic carbocycles. The molecule has 1 unspecified atom stereocenters. The Morgan fingerprint density at radius 3 is 2.34 bits per heavy atom. The van der Waals surface area contributed by atoms with Gasteiger partial charge in [0.1, 0.15) is 29.6 Å². The lowest BCUT2D eigenvalue weighted by Crippen LogP contribution is -2.65. The van der Waals surface area contributed by atoms with Crippen molar-refractivity contribution in [2.24, 2.45) is 17.8 Å². The quantitative estimate of drug-likeness (QED) is 0.233. The summed E-state index contributed by atoms with van der Waals surface area (Å²) < 4.78 is 17.3. The molecule has 0 bridgehead atoms. The maximum Gasteiger partial charge on any atom is 0.410 e. The van der Waals surface area contributed by atoms with E-state index in [4.69, 9.17) is 23.9 Å². The minimum atomic E-state index is -0.228. The van der Waals surface area contributed by atoms with Gasteiger partial charge in [0.25, 0.3) is 0 Å². The number of rotatable bonds is 8. The first-order chi connectivity index (χ1) is 23.7. The maximum absolute atomic E-state index is 14.5. The number of ether oxygens (including phenoxy) is 2. The lowest BCUT2D eigenvalue weighted by Gasteiger charge is -2.53. The van der Waals surface area contributed by atoms with Gasteiger partial charge >= 0.3 is 6.09 Å². The summed E-state index contributed by atoms with van der Waals surface area (Å²) in [5.41, 5.74) is 3.76. The van der Waals surface area contributed by atoms with Crippen molar-refractivity contribution in [1.29, 1.82) is 0 Å². The molecule has 0 spiro atoms. The van der Waals surface area contributed by atoms with Gasteiger partial charge in [0.2, 0.25) is 5.91 Å². The van der Waals surface area contributed by atoms with Gasteiger partial charge < -0.3 is 18.8 Å². The molecule has 3 heterocycles. The van der Waals surface area contributed by atoms with E-state index in [0.717, 1.165) is 49.2 Å². The van der Waals surface area contributed by atoms with E-state index in [-0.39, 0.29) is 35.0 Å². The van der Waals surface area contributed by atoms with Crippen molar-refractivity contribution >= 4 is 17.8 Å². The lowest BCUT2D eigenvalue weighted by molar-refractivity contribution is -0.124. The van der Waals surface area contributed by atoms with E-state index in [0.29, 0.717) is 61.7 Å². The molecule has 9 nitrogen and oxygen atoms in total. The number of likely N-dealkylation sites (tertiary alicyclic amines) is 1. The second-order valence-corrected chi connectivity index (χ2v) is 16.6. The monoisotopic (exact) mass is 684 g/mol. The molecule has 2 aromatic heterocycles. The molecule has 1 aliphatic heterocycles. The zero-order chi connectivity index (χ0) is 35.8. The second kappa shape index (κ2) is 14.4. The Morgan fingerprint density at radius 1 is 1.02 bits per heavy atom. The zero-order valence-corrected chi connectivity index (χ0v) is 31.3. The van der Waals surface area contributed by atoms with Gasteiger partial charge in [-0.15, -0.1) is 0 Å². The van der Waals surface area contributed by atoms with Gasteiger partial charge in [-0.3, -0.25) is 9.69 Å². The highest BCUT2D eigenvalue weighted by atomic mass is 16.6. The van der Waals surface area contributed by atoms with Crippen molar-refractivity contribution < 1.29 is 23.5 Å². The smallest absolute Gasteiger partial charge is 0.410 e.